The summed E-state index contributed by atoms with van der Waals surface area (Å²) in [5.41, 5.74) is 1.72. The highest BCUT2D eigenvalue weighted by Gasteiger charge is 2.44. The van der Waals surface area contributed by atoms with Crippen molar-refractivity contribution in [3.05, 3.63) is 30.6 Å². The highest BCUT2D eigenvalue weighted by Crippen LogP contribution is 2.43. The van der Waals surface area contributed by atoms with Crippen LogP contribution in [0.5, 0.6) is 0 Å². The lowest BCUT2D eigenvalue weighted by molar-refractivity contribution is -0.0375. The second kappa shape index (κ2) is 11.1. The molecule has 2 aliphatic carbocycles. The molecule has 0 spiro atoms. The summed E-state index contributed by atoms with van der Waals surface area (Å²) in [4.78, 5) is 7.04. The van der Waals surface area contributed by atoms with Gasteiger partial charge in [-0.15, -0.1) is 29.9 Å². The smallest absolute Gasteiger partial charge is 0.131 e. The van der Waals surface area contributed by atoms with E-state index in [1.54, 1.807) is 6.20 Å². The minimum Gasteiger partial charge on any atom is -0.376 e. The summed E-state index contributed by atoms with van der Waals surface area (Å²) in [6.07, 6.45) is 9.02. The fraction of sp³-hybridized carbons (Fsp3) is 0.682. The van der Waals surface area contributed by atoms with Gasteiger partial charge in [0.25, 0.3) is 0 Å². The van der Waals surface area contributed by atoms with Crippen molar-refractivity contribution in [2.75, 3.05) is 39.8 Å². The van der Waals surface area contributed by atoms with Crippen molar-refractivity contribution in [1.82, 2.24) is 30.2 Å². The monoisotopic (exact) mass is 468 g/mol. The third-order valence-electron chi connectivity index (χ3n) is 6.86. The molecular formula is C22H34Cl2N6O. The lowest BCUT2D eigenvalue weighted by Crippen LogP contribution is -2.38. The maximum atomic E-state index is 6.48. The Labute approximate surface area is 197 Å². The molecule has 0 unspecified atom stereocenters. The maximum absolute atomic E-state index is 6.48. The summed E-state index contributed by atoms with van der Waals surface area (Å²) >= 11 is 0. The van der Waals surface area contributed by atoms with E-state index in [0.717, 1.165) is 61.7 Å². The van der Waals surface area contributed by atoms with Gasteiger partial charge in [0, 0.05) is 39.0 Å². The average molecular weight is 469 g/mol. The first-order valence-corrected chi connectivity index (χ1v) is 11.1. The number of ether oxygens (including phenoxy) is 1. The van der Waals surface area contributed by atoms with Crippen LogP contribution in [0.15, 0.2) is 30.6 Å². The molecule has 1 aliphatic heterocycles. The lowest BCUT2D eigenvalue weighted by atomic mass is 9.77. The normalized spacial score (nSPS) is 27.9. The van der Waals surface area contributed by atoms with Gasteiger partial charge in [-0.1, -0.05) is 11.3 Å². The quantitative estimate of drug-likeness (QED) is 0.641. The largest absolute Gasteiger partial charge is 0.376 e. The van der Waals surface area contributed by atoms with E-state index in [1.165, 1.54) is 25.9 Å². The van der Waals surface area contributed by atoms with Gasteiger partial charge in [0.15, 0.2) is 0 Å². The van der Waals surface area contributed by atoms with Gasteiger partial charge in [0.05, 0.1) is 24.0 Å². The third-order valence-corrected chi connectivity index (χ3v) is 6.86. The van der Waals surface area contributed by atoms with E-state index in [4.69, 9.17) is 4.74 Å². The molecule has 2 saturated carbocycles. The van der Waals surface area contributed by atoms with Crippen LogP contribution in [-0.2, 0) is 4.74 Å². The standard InChI is InChI=1S/C22H32N6O.2ClH/c1-23-8-9-27-12-17-10-21(22(11-18(17)13-27)29-15-16-5-6-16)28-14-20(25-26-28)19-4-2-3-7-24-19;;/h2-4,7,14,16-18,21-23H,5-6,8-13,15H2,1H3;2*1H/t17-,18+,21-,22-;;/m1../s1. The number of hydrogen-bond donors (Lipinski definition) is 1. The molecule has 0 radical (unpaired) electrons. The highest BCUT2D eigenvalue weighted by atomic mass is 35.5. The van der Waals surface area contributed by atoms with Crippen LogP contribution in [-0.4, -0.2) is 70.8 Å². The lowest BCUT2D eigenvalue weighted by Gasteiger charge is -2.37. The van der Waals surface area contributed by atoms with Crippen molar-refractivity contribution in [3.63, 3.8) is 0 Å². The van der Waals surface area contributed by atoms with Crippen LogP contribution in [0, 0.1) is 17.8 Å². The van der Waals surface area contributed by atoms with E-state index in [2.05, 4.69) is 36.4 Å². The Morgan fingerprint density at radius 3 is 2.61 bits per heavy atom. The van der Waals surface area contributed by atoms with E-state index in [9.17, 15) is 0 Å². The Kier molecular flexibility index (Phi) is 8.70. The van der Waals surface area contributed by atoms with Gasteiger partial charge in [0.1, 0.15) is 5.69 Å². The molecule has 0 amide bonds. The Morgan fingerprint density at radius 2 is 1.90 bits per heavy atom. The van der Waals surface area contributed by atoms with Crippen LogP contribution in [0.1, 0.15) is 31.7 Å². The first-order valence-electron chi connectivity index (χ1n) is 11.1. The van der Waals surface area contributed by atoms with Crippen LogP contribution in [0.4, 0.5) is 0 Å². The van der Waals surface area contributed by atoms with Gasteiger partial charge in [-0.2, -0.15) is 0 Å². The summed E-state index contributed by atoms with van der Waals surface area (Å²) in [6, 6.07) is 6.18. The Hall–Kier alpha value is -1.25. The summed E-state index contributed by atoms with van der Waals surface area (Å²) in [5, 5.41) is 12.2. The number of nitrogens with zero attached hydrogens (tertiary/aromatic N) is 5. The van der Waals surface area contributed by atoms with E-state index < -0.39 is 0 Å². The van der Waals surface area contributed by atoms with E-state index >= 15 is 0 Å². The molecule has 7 nitrogen and oxygen atoms in total. The molecular weight excluding hydrogens is 435 g/mol. The average Bonchev–Trinajstić information content (AvgIpc) is 3.30. The van der Waals surface area contributed by atoms with E-state index in [1.807, 2.05) is 25.2 Å². The van der Waals surface area contributed by atoms with E-state index in [0.29, 0.717) is 0 Å². The number of likely N-dealkylation sites (N-methyl/N-ethyl adjacent to an activating group) is 1. The molecule has 1 saturated heterocycles. The molecule has 0 bridgehead atoms. The van der Waals surface area contributed by atoms with Crippen molar-refractivity contribution in [2.45, 2.75) is 37.8 Å². The van der Waals surface area contributed by atoms with Gasteiger partial charge >= 0.3 is 0 Å². The molecule has 172 valence electrons. The van der Waals surface area contributed by atoms with E-state index in [-0.39, 0.29) is 37.0 Å². The van der Waals surface area contributed by atoms with Crippen molar-refractivity contribution in [2.24, 2.45) is 17.8 Å². The topological polar surface area (TPSA) is 68.1 Å². The number of halogens is 2. The molecule has 31 heavy (non-hydrogen) atoms. The molecule has 3 fully saturated rings. The molecule has 3 aliphatic rings. The third kappa shape index (κ3) is 5.76. The first kappa shape index (κ1) is 24.4. The highest BCUT2D eigenvalue weighted by molar-refractivity contribution is 5.85. The molecule has 4 atom stereocenters. The zero-order chi connectivity index (χ0) is 19.6. The van der Waals surface area contributed by atoms with Crippen LogP contribution >= 0.6 is 24.8 Å². The van der Waals surface area contributed by atoms with Crippen LogP contribution in [0.3, 0.4) is 0 Å². The molecule has 5 rings (SSSR count). The number of likely N-dealkylation sites (tertiary alicyclic amines) is 1. The zero-order valence-corrected chi connectivity index (χ0v) is 19.7. The summed E-state index contributed by atoms with van der Waals surface area (Å²) in [5.74, 6) is 2.25. The predicted molar refractivity (Wildman–Crippen MR) is 126 cm³/mol. The molecule has 2 aromatic rings. The molecule has 9 heteroatoms. The Morgan fingerprint density at radius 1 is 1.10 bits per heavy atom. The summed E-state index contributed by atoms with van der Waals surface area (Å²) in [7, 11) is 2.03. The van der Waals surface area contributed by atoms with Gasteiger partial charge in [-0.05, 0) is 62.6 Å². The fourth-order valence-corrected chi connectivity index (χ4v) is 5.01. The first-order chi connectivity index (χ1) is 14.3. The Balaban J connectivity index is 0.00000136. The summed E-state index contributed by atoms with van der Waals surface area (Å²) in [6.45, 7) is 5.50. The SMILES string of the molecule is CNCCN1C[C@H]2C[C@@H](n3cc(-c4ccccn4)nn3)[C@H](OCC3CC3)C[C@H]2C1.Cl.Cl. The number of fused-ring (bicyclic) bond motifs is 1. The van der Waals surface area contributed by atoms with Crippen molar-refractivity contribution < 1.29 is 4.74 Å². The number of rotatable bonds is 8. The minimum atomic E-state index is 0. The predicted octanol–water partition coefficient (Wildman–Crippen LogP) is 3.08. The number of nitrogens with one attached hydrogen (secondary N) is 1. The molecule has 2 aromatic heterocycles. The fourth-order valence-electron chi connectivity index (χ4n) is 5.01. The van der Waals surface area contributed by atoms with Gasteiger partial charge < -0.3 is 15.0 Å². The van der Waals surface area contributed by atoms with Crippen LogP contribution in [0.25, 0.3) is 11.4 Å². The Bertz CT molecular complexity index is 802. The van der Waals surface area contributed by atoms with Crippen LogP contribution < -0.4 is 5.32 Å². The number of aromatic nitrogens is 4. The molecule has 3 heterocycles. The van der Waals surface area contributed by atoms with Gasteiger partial charge in [0.2, 0.25) is 0 Å². The van der Waals surface area contributed by atoms with Crippen LogP contribution in [0.2, 0.25) is 0 Å². The van der Waals surface area contributed by atoms with Gasteiger partial charge in [-0.3, -0.25) is 4.98 Å². The minimum absolute atomic E-state index is 0. The van der Waals surface area contributed by atoms with Crippen molar-refractivity contribution in [3.8, 4) is 11.4 Å². The number of pyridine rings is 1. The zero-order valence-electron chi connectivity index (χ0n) is 18.1. The second-order valence-electron chi connectivity index (χ2n) is 9.04. The molecule has 1 N–H and O–H groups in total. The summed E-state index contributed by atoms with van der Waals surface area (Å²) < 4.78 is 8.54. The maximum Gasteiger partial charge on any atom is 0.131 e. The van der Waals surface area contributed by atoms with Gasteiger partial charge in [-0.25, -0.2) is 4.68 Å². The van der Waals surface area contributed by atoms with Crippen molar-refractivity contribution >= 4 is 24.8 Å². The second-order valence-corrected chi connectivity index (χ2v) is 9.04. The number of hydrogen-bond acceptors (Lipinski definition) is 6. The van der Waals surface area contributed by atoms with Crippen molar-refractivity contribution in [1.29, 1.82) is 0 Å². The molecule has 0 aromatic carbocycles.